The van der Waals surface area contributed by atoms with Crippen LogP contribution in [0.25, 0.3) is 0 Å². The summed E-state index contributed by atoms with van der Waals surface area (Å²) in [5.74, 6) is 1.39. The van der Waals surface area contributed by atoms with E-state index in [9.17, 15) is 9.59 Å². The summed E-state index contributed by atoms with van der Waals surface area (Å²) in [7, 11) is 0. The predicted octanol–water partition coefficient (Wildman–Crippen LogP) is 3.70. The van der Waals surface area contributed by atoms with Gasteiger partial charge in [0, 0.05) is 13.1 Å². The highest BCUT2D eigenvalue weighted by atomic mass is 32.2. The molecule has 2 amide bonds. The molecular formula is C17H36N2O2S2. The van der Waals surface area contributed by atoms with Crippen molar-refractivity contribution in [2.24, 2.45) is 0 Å². The van der Waals surface area contributed by atoms with Crippen LogP contribution in [0.1, 0.15) is 59.8 Å². The van der Waals surface area contributed by atoms with E-state index >= 15 is 0 Å². The molecule has 6 heteroatoms. The fraction of sp³-hybridized carbons (Fsp3) is 0.882. The van der Waals surface area contributed by atoms with Gasteiger partial charge in [-0.3, -0.25) is 9.59 Å². The number of amides is 2. The summed E-state index contributed by atoms with van der Waals surface area (Å²) in [6, 6.07) is 0. The number of nitrogens with one attached hydrogen (secondary N) is 2. The van der Waals surface area contributed by atoms with Crippen molar-refractivity contribution in [3.05, 3.63) is 0 Å². The molecule has 0 aromatic carbocycles. The number of carbonyl (C=O) groups is 2. The van der Waals surface area contributed by atoms with Crippen LogP contribution in [0.3, 0.4) is 0 Å². The minimum Gasteiger partial charge on any atom is -0.355 e. The van der Waals surface area contributed by atoms with Gasteiger partial charge in [-0.2, -0.15) is 11.8 Å². The third-order valence-electron chi connectivity index (χ3n) is 2.82. The number of unbranched alkanes of at least 4 members (excludes halogenated alkanes) is 4. The number of hydrogen-bond donors (Lipinski definition) is 2. The molecule has 0 aliphatic rings. The van der Waals surface area contributed by atoms with Crippen LogP contribution in [0, 0.1) is 0 Å². The van der Waals surface area contributed by atoms with Gasteiger partial charge >= 0.3 is 0 Å². The lowest BCUT2D eigenvalue weighted by molar-refractivity contribution is -0.119. The van der Waals surface area contributed by atoms with E-state index in [1.165, 1.54) is 0 Å². The van der Waals surface area contributed by atoms with Crippen molar-refractivity contribution in [1.29, 1.82) is 0 Å². The Morgan fingerprint density at radius 3 is 1.70 bits per heavy atom. The van der Waals surface area contributed by atoms with Crippen LogP contribution in [-0.4, -0.2) is 47.9 Å². The van der Waals surface area contributed by atoms with Crippen molar-refractivity contribution in [3.8, 4) is 0 Å². The fourth-order valence-electron chi connectivity index (χ4n) is 1.71. The Balaban J connectivity index is 0. The molecule has 0 aromatic rings. The topological polar surface area (TPSA) is 58.2 Å². The van der Waals surface area contributed by atoms with Gasteiger partial charge < -0.3 is 10.6 Å². The SMILES string of the molecule is CC.CSCC(=O)NCCCCCCCNC(=O)CSC(C)C. The van der Waals surface area contributed by atoms with E-state index in [4.69, 9.17) is 0 Å². The summed E-state index contributed by atoms with van der Waals surface area (Å²) in [5, 5.41) is 6.36. The zero-order valence-corrected chi connectivity index (χ0v) is 17.2. The summed E-state index contributed by atoms with van der Waals surface area (Å²) >= 11 is 3.22. The highest BCUT2D eigenvalue weighted by molar-refractivity contribution is 8.00. The maximum Gasteiger partial charge on any atom is 0.230 e. The molecule has 0 aromatic heterocycles. The molecular weight excluding hydrogens is 328 g/mol. The first-order valence-electron chi connectivity index (χ1n) is 8.70. The molecule has 4 nitrogen and oxygen atoms in total. The standard InChI is InChI=1S/C15H30N2O2S2.C2H6/c1-13(2)21-12-15(19)17-10-8-6-4-5-7-9-16-14(18)11-20-3;1-2/h13H,4-12H2,1-3H3,(H,16,18)(H,17,19);1-2H3. The molecule has 0 saturated heterocycles. The predicted molar refractivity (Wildman–Crippen MR) is 106 cm³/mol. The van der Waals surface area contributed by atoms with Gasteiger partial charge in [-0.05, 0) is 24.3 Å². The first-order valence-corrected chi connectivity index (χ1v) is 11.1. The van der Waals surface area contributed by atoms with E-state index in [-0.39, 0.29) is 11.8 Å². The van der Waals surface area contributed by atoms with Crippen LogP contribution >= 0.6 is 23.5 Å². The van der Waals surface area contributed by atoms with E-state index in [2.05, 4.69) is 24.5 Å². The lowest BCUT2D eigenvalue weighted by atomic mass is 10.1. The van der Waals surface area contributed by atoms with Gasteiger partial charge in [-0.15, -0.1) is 11.8 Å². The van der Waals surface area contributed by atoms with Gasteiger partial charge in [0.25, 0.3) is 0 Å². The molecule has 0 aliphatic heterocycles. The van der Waals surface area contributed by atoms with Crippen molar-refractivity contribution in [2.75, 3.05) is 30.9 Å². The minimum atomic E-state index is 0.129. The summed E-state index contributed by atoms with van der Waals surface area (Å²) in [6.45, 7) is 9.76. The van der Waals surface area contributed by atoms with Crippen molar-refractivity contribution < 1.29 is 9.59 Å². The zero-order valence-electron chi connectivity index (χ0n) is 15.6. The molecule has 0 bridgehead atoms. The largest absolute Gasteiger partial charge is 0.355 e. The highest BCUT2D eigenvalue weighted by Gasteiger charge is 2.02. The second-order valence-corrected chi connectivity index (χ2v) is 7.69. The lowest BCUT2D eigenvalue weighted by Crippen LogP contribution is -2.26. The molecule has 2 N–H and O–H groups in total. The van der Waals surface area contributed by atoms with Gasteiger partial charge in [-0.1, -0.05) is 47.0 Å². The van der Waals surface area contributed by atoms with Gasteiger partial charge in [0.15, 0.2) is 0 Å². The van der Waals surface area contributed by atoms with E-state index in [1.54, 1.807) is 23.5 Å². The van der Waals surface area contributed by atoms with Crippen molar-refractivity contribution >= 4 is 35.3 Å². The second-order valence-electron chi connectivity index (χ2n) is 5.26. The molecule has 0 radical (unpaired) electrons. The maximum atomic E-state index is 11.5. The quantitative estimate of drug-likeness (QED) is 0.489. The normalized spacial score (nSPS) is 10.0. The summed E-state index contributed by atoms with van der Waals surface area (Å²) in [5.41, 5.74) is 0. The maximum absolute atomic E-state index is 11.5. The summed E-state index contributed by atoms with van der Waals surface area (Å²) in [4.78, 5) is 22.7. The van der Waals surface area contributed by atoms with Gasteiger partial charge in [-0.25, -0.2) is 0 Å². The van der Waals surface area contributed by atoms with Crippen LogP contribution < -0.4 is 10.6 Å². The Labute approximate surface area is 151 Å². The number of thioether (sulfide) groups is 2. The zero-order chi connectivity index (χ0) is 17.9. The first-order chi connectivity index (χ1) is 11.1. The molecule has 0 aliphatic carbocycles. The van der Waals surface area contributed by atoms with Crippen molar-refractivity contribution in [2.45, 2.75) is 65.0 Å². The molecule has 23 heavy (non-hydrogen) atoms. The van der Waals surface area contributed by atoms with Gasteiger partial charge in [0.2, 0.25) is 11.8 Å². The second kappa shape index (κ2) is 19.7. The molecule has 0 unspecified atom stereocenters. The summed E-state index contributed by atoms with van der Waals surface area (Å²) in [6.07, 6.45) is 7.44. The Hall–Kier alpha value is -0.360. The van der Waals surface area contributed by atoms with Crippen LogP contribution in [0.2, 0.25) is 0 Å². The molecule has 0 heterocycles. The van der Waals surface area contributed by atoms with Crippen LogP contribution in [0.4, 0.5) is 0 Å². The van der Waals surface area contributed by atoms with Crippen molar-refractivity contribution in [1.82, 2.24) is 10.6 Å². The van der Waals surface area contributed by atoms with Gasteiger partial charge in [0.05, 0.1) is 11.5 Å². The number of carbonyl (C=O) groups excluding carboxylic acids is 2. The monoisotopic (exact) mass is 364 g/mol. The Morgan fingerprint density at radius 2 is 1.26 bits per heavy atom. The van der Waals surface area contributed by atoms with Crippen LogP contribution in [-0.2, 0) is 9.59 Å². The van der Waals surface area contributed by atoms with E-state index in [0.717, 1.165) is 45.2 Å². The molecule has 0 atom stereocenters. The Morgan fingerprint density at radius 1 is 0.826 bits per heavy atom. The van der Waals surface area contributed by atoms with Gasteiger partial charge in [0.1, 0.15) is 0 Å². The number of hydrogen-bond acceptors (Lipinski definition) is 4. The van der Waals surface area contributed by atoms with Crippen LogP contribution in [0.5, 0.6) is 0 Å². The third-order valence-corrected chi connectivity index (χ3v) is 4.47. The minimum absolute atomic E-state index is 0.129. The molecule has 0 spiro atoms. The fourth-order valence-corrected chi connectivity index (χ4v) is 2.66. The Bertz CT molecular complexity index is 288. The smallest absolute Gasteiger partial charge is 0.230 e. The van der Waals surface area contributed by atoms with E-state index in [0.29, 0.717) is 16.8 Å². The number of rotatable bonds is 13. The Kier molecular flexibility index (Phi) is 21.3. The lowest BCUT2D eigenvalue weighted by Gasteiger charge is -2.07. The molecule has 138 valence electrons. The third kappa shape index (κ3) is 21.6. The molecule has 0 saturated carbocycles. The highest BCUT2D eigenvalue weighted by Crippen LogP contribution is 2.07. The van der Waals surface area contributed by atoms with Crippen molar-refractivity contribution in [3.63, 3.8) is 0 Å². The average molecular weight is 365 g/mol. The molecule has 0 fully saturated rings. The average Bonchev–Trinajstić information content (AvgIpc) is 2.53. The molecule has 0 rings (SSSR count). The van der Waals surface area contributed by atoms with E-state index in [1.807, 2.05) is 20.1 Å². The van der Waals surface area contributed by atoms with E-state index < -0.39 is 0 Å². The first kappa shape index (κ1) is 24.9. The summed E-state index contributed by atoms with van der Waals surface area (Å²) < 4.78 is 0. The van der Waals surface area contributed by atoms with Crippen LogP contribution in [0.15, 0.2) is 0 Å².